The minimum Gasteiger partial charge on any atom is -0.504 e. The number of phenolic OH excluding ortho intramolecular Hbond substituents is 4. The average molecular weight is 835 g/mol. The zero-order valence-electron chi connectivity index (χ0n) is 35.3. The lowest BCUT2D eigenvalue weighted by Crippen LogP contribution is -2.39. The van der Waals surface area contributed by atoms with Gasteiger partial charge in [-0.3, -0.25) is 19.2 Å². The first-order valence-electron chi connectivity index (χ1n) is 19.3. The van der Waals surface area contributed by atoms with Crippen LogP contribution in [-0.4, -0.2) is 69.4 Å². The maximum Gasteiger partial charge on any atom is 0.227 e. The number of amides is 1. The molecule has 0 fully saturated rings. The van der Waals surface area contributed by atoms with Gasteiger partial charge < -0.3 is 41.0 Å². The Hall–Kier alpha value is -5.59. The number of nitrogens with two attached hydrogens (primary N) is 1. The molecule has 12 nitrogen and oxygen atoms in total. The molecule has 13 heteroatoms. The largest absolute Gasteiger partial charge is 0.504 e. The number of hydrogen-bond donors (Lipinski definition) is 6. The van der Waals surface area contributed by atoms with Crippen molar-refractivity contribution in [2.45, 2.75) is 81.1 Å². The van der Waals surface area contributed by atoms with Gasteiger partial charge in [-0.25, -0.2) is 0 Å². The van der Waals surface area contributed by atoms with Crippen LogP contribution in [0.3, 0.4) is 0 Å². The van der Waals surface area contributed by atoms with Gasteiger partial charge in [-0.15, -0.1) is 0 Å². The van der Waals surface area contributed by atoms with Crippen molar-refractivity contribution in [3.8, 4) is 34.5 Å². The molecule has 0 saturated carbocycles. The number of rotatable bonds is 17. The van der Waals surface area contributed by atoms with Crippen molar-refractivity contribution in [3.05, 3.63) is 106 Å². The molecule has 0 aliphatic carbocycles. The molecule has 7 N–H and O–H groups in total. The number of carbonyl (C=O) groups is 4. The van der Waals surface area contributed by atoms with Gasteiger partial charge in [0, 0.05) is 22.0 Å². The molecule has 0 atom stereocenters. The van der Waals surface area contributed by atoms with E-state index in [4.69, 9.17) is 37.0 Å². The van der Waals surface area contributed by atoms with E-state index in [0.29, 0.717) is 31.6 Å². The summed E-state index contributed by atoms with van der Waals surface area (Å²) in [4.78, 5) is 46.8. The summed E-state index contributed by atoms with van der Waals surface area (Å²) in [6, 6.07) is 19.9. The van der Waals surface area contributed by atoms with Crippen molar-refractivity contribution in [3.63, 3.8) is 0 Å². The van der Waals surface area contributed by atoms with Crippen LogP contribution in [-0.2, 0) is 9.59 Å². The van der Waals surface area contributed by atoms with Gasteiger partial charge in [0.05, 0.1) is 26.3 Å². The van der Waals surface area contributed by atoms with Gasteiger partial charge in [-0.05, 0) is 136 Å². The number of ether oxygens (including phenoxy) is 2. The number of nitrogens with one attached hydrogen (secondary N) is 1. The Morgan fingerprint density at radius 2 is 1.03 bits per heavy atom. The molecular weight excluding hydrogens is 776 g/mol. The molecule has 0 aliphatic rings. The number of aryl methyl sites for hydroxylation is 4. The summed E-state index contributed by atoms with van der Waals surface area (Å²) < 4.78 is 11.6. The van der Waals surface area contributed by atoms with E-state index in [1.165, 1.54) is 42.0 Å². The Morgan fingerprint density at radius 1 is 0.610 bits per heavy atom. The van der Waals surface area contributed by atoms with Crippen LogP contribution >= 0.6 is 11.6 Å². The first-order chi connectivity index (χ1) is 27.6. The number of aromatic hydroxyl groups is 4. The topological polar surface area (TPSA) is 206 Å². The third-order valence-electron chi connectivity index (χ3n) is 9.43. The molecule has 0 bridgehead atoms. The van der Waals surface area contributed by atoms with Crippen LogP contribution in [0.1, 0.15) is 96.3 Å². The minimum atomic E-state index is -0.650. The highest BCUT2D eigenvalue weighted by Crippen LogP contribution is 2.28. The molecule has 0 aromatic heterocycles. The fourth-order valence-corrected chi connectivity index (χ4v) is 5.44. The number of carbonyl (C=O) groups excluding carboxylic acids is 4. The van der Waals surface area contributed by atoms with E-state index in [0.717, 1.165) is 41.0 Å². The number of Topliss-reactive ketones (excluding diaryl/α,β-unsaturated/α-hetero) is 2. The normalized spacial score (nSPS) is 10.9. The van der Waals surface area contributed by atoms with Crippen molar-refractivity contribution in [2.75, 3.05) is 26.3 Å². The molecule has 1 amide bonds. The summed E-state index contributed by atoms with van der Waals surface area (Å²) >= 11 is 5.53. The lowest BCUT2D eigenvalue weighted by molar-refractivity contribution is -0.129. The number of ketones is 2. The van der Waals surface area contributed by atoms with Crippen molar-refractivity contribution < 1.29 is 49.1 Å². The first kappa shape index (κ1) is 49.6. The summed E-state index contributed by atoms with van der Waals surface area (Å²) in [6.07, 6.45) is 2.87. The van der Waals surface area contributed by atoms with Crippen LogP contribution in [0, 0.1) is 38.5 Å². The lowest BCUT2D eigenvalue weighted by atomic mass is 9.87. The Kier molecular flexibility index (Phi) is 19.4. The Labute approximate surface area is 352 Å². The van der Waals surface area contributed by atoms with Crippen molar-refractivity contribution in [1.82, 2.24) is 5.32 Å². The molecule has 0 aliphatic heterocycles. The van der Waals surface area contributed by atoms with E-state index in [1.54, 1.807) is 0 Å². The molecular formula is C46H59ClN2O10. The van der Waals surface area contributed by atoms with Gasteiger partial charge in [-0.2, -0.15) is 0 Å². The van der Waals surface area contributed by atoms with E-state index in [-0.39, 0.29) is 64.4 Å². The molecule has 0 radical (unpaired) electrons. The predicted molar refractivity (Wildman–Crippen MR) is 230 cm³/mol. The van der Waals surface area contributed by atoms with Gasteiger partial charge in [0.15, 0.2) is 34.6 Å². The van der Waals surface area contributed by atoms with Crippen LogP contribution in [0.15, 0.2) is 72.8 Å². The van der Waals surface area contributed by atoms with E-state index < -0.39 is 10.8 Å². The number of benzene rings is 4. The Balaban J connectivity index is 0.000000339. The zero-order valence-corrected chi connectivity index (χ0v) is 36.0. The van der Waals surface area contributed by atoms with E-state index in [1.807, 2.05) is 79.7 Å². The van der Waals surface area contributed by atoms with Crippen LogP contribution in [0.25, 0.3) is 0 Å². The Morgan fingerprint density at radius 3 is 1.44 bits per heavy atom. The van der Waals surface area contributed by atoms with E-state index in [2.05, 4.69) is 17.4 Å². The second-order valence-electron chi connectivity index (χ2n) is 15.6. The van der Waals surface area contributed by atoms with Crippen molar-refractivity contribution >= 4 is 34.3 Å². The van der Waals surface area contributed by atoms with Crippen LogP contribution < -0.4 is 20.5 Å². The van der Waals surface area contributed by atoms with E-state index >= 15 is 0 Å². The number of halogens is 1. The molecule has 320 valence electrons. The molecule has 0 heterocycles. The summed E-state index contributed by atoms with van der Waals surface area (Å²) in [6.45, 7) is 16.3. The summed E-state index contributed by atoms with van der Waals surface area (Å²) in [5, 5.41) is 39.1. The highest BCUT2D eigenvalue weighted by molar-refractivity contribution is 6.64. The third-order valence-corrected chi connectivity index (χ3v) is 9.94. The van der Waals surface area contributed by atoms with Crippen molar-refractivity contribution in [1.29, 1.82) is 0 Å². The molecule has 0 spiro atoms. The highest BCUT2D eigenvalue weighted by atomic mass is 35.5. The lowest BCUT2D eigenvalue weighted by Gasteiger charge is -2.23. The molecule has 4 aromatic rings. The van der Waals surface area contributed by atoms with Gasteiger partial charge in [0.2, 0.25) is 11.1 Å². The maximum atomic E-state index is 12.5. The van der Waals surface area contributed by atoms with Crippen LogP contribution in [0.5, 0.6) is 34.5 Å². The fraction of sp³-hybridized carbons (Fsp3) is 0.391. The summed E-state index contributed by atoms with van der Waals surface area (Å²) in [7, 11) is 0. The standard InChI is InChI=1S/C23H29NO5.C15H21ClO2.C8H9NO3/c1-15-6-7-16(2)21(12-15)29-11-5-10-23(3,4)22(28)24-14-20(27)17-8-9-18(25)19(26)13-17;1-11-6-7-12(2)13(10-11)18-9-5-8-15(3,4)14(16)17;9-4-8(12)5-1-2-6(10)7(11)3-5/h6-9,12-13,25-26H,5,10-11,14H2,1-4H3,(H,24,28);6-7,10H,5,8-9H2,1-4H3;1-3,10-11H,4,9H2. The number of hydrogen-bond acceptors (Lipinski definition) is 11. The molecule has 4 aromatic carbocycles. The van der Waals surface area contributed by atoms with E-state index in [9.17, 15) is 29.4 Å². The van der Waals surface area contributed by atoms with Gasteiger partial charge in [0.1, 0.15) is 11.5 Å². The minimum absolute atomic E-state index is 0.107. The Bertz CT molecular complexity index is 2060. The van der Waals surface area contributed by atoms with Gasteiger partial charge in [0.25, 0.3) is 0 Å². The average Bonchev–Trinajstić information content (AvgIpc) is 3.18. The van der Waals surface area contributed by atoms with Gasteiger partial charge >= 0.3 is 0 Å². The number of phenols is 4. The van der Waals surface area contributed by atoms with Crippen molar-refractivity contribution in [2.24, 2.45) is 16.6 Å². The van der Waals surface area contributed by atoms with Gasteiger partial charge in [-0.1, -0.05) is 52.0 Å². The first-order valence-corrected chi connectivity index (χ1v) is 19.6. The predicted octanol–water partition coefficient (Wildman–Crippen LogP) is 8.39. The second-order valence-corrected chi connectivity index (χ2v) is 16.0. The smallest absolute Gasteiger partial charge is 0.227 e. The quantitative estimate of drug-likeness (QED) is 0.0258. The van der Waals surface area contributed by atoms with Crippen LogP contribution in [0.4, 0.5) is 0 Å². The molecule has 0 saturated heterocycles. The highest BCUT2D eigenvalue weighted by Gasteiger charge is 2.28. The molecule has 59 heavy (non-hydrogen) atoms. The summed E-state index contributed by atoms with van der Waals surface area (Å²) in [5.74, 6) is -0.285. The zero-order chi connectivity index (χ0) is 44.5. The third kappa shape index (κ3) is 16.7. The summed E-state index contributed by atoms with van der Waals surface area (Å²) in [5.41, 5.74) is 9.03. The maximum absolute atomic E-state index is 12.5. The molecule has 0 unspecified atom stereocenters. The van der Waals surface area contributed by atoms with Crippen LogP contribution in [0.2, 0.25) is 0 Å². The SMILES string of the molecule is Cc1ccc(C)c(OCCCC(C)(C)C(=O)Cl)c1.Cc1ccc(C)c(OCCCC(C)(C)C(=O)NCC(=O)c2ccc(O)c(O)c2)c1.NCC(=O)c1ccc(O)c(O)c1. The molecule has 4 rings (SSSR count). The fourth-order valence-electron chi connectivity index (χ4n) is 5.34. The monoisotopic (exact) mass is 834 g/mol. The second kappa shape index (κ2) is 23.1.